The first-order valence-corrected chi connectivity index (χ1v) is 6.66. The Kier molecular flexibility index (Phi) is 3.39. The first kappa shape index (κ1) is 12.7. The van der Waals surface area contributed by atoms with Crippen LogP contribution in [0.5, 0.6) is 5.75 Å². The number of nitrogens with two attached hydrogens (primary N) is 1. The summed E-state index contributed by atoms with van der Waals surface area (Å²) in [6.07, 6.45) is 2.03. The second-order valence-electron chi connectivity index (χ2n) is 4.64. The molecule has 102 valence electrons. The lowest BCUT2D eigenvalue weighted by atomic mass is 10.2. The minimum atomic E-state index is 0.520. The molecule has 0 saturated heterocycles. The van der Waals surface area contributed by atoms with Gasteiger partial charge in [0.2, 0.25) is 0 Å². The van der Waals surface area contributed by atoms with Gasteiger partial charge in [0, 0.05) is 18.3 Å². The zero-order chi connectivity index (χ0) is 13.9. The molecule has 2 aromatic heterocycles. The molecule has 0 spiro atoms. The fourth-order valence-electron chi connectivity index (χ4n) is 2.27. The van der Waals surface area contributed by atoms with Gasteiger partial charge in [-0.1, -0.05) is 6.07 Å². The quantitative estimate of drug-likeness (QED) is 0.790. The van der Waals surface area contributed by atoms with Gasteiger partial charge in [-0.3, -0.25) is 4.40 Å². The molecule has 0 saturated carbocycles. The van der Waals surface area contributed by atoms with E-state index in [0.29, 0.717) is 13.2 Å². The van der Waals surface area contributed by atoms with Crippen LogP contribution in [0.25, 0.3) is 16.9 Å². The van der Waals surface area contributed by atoms with Crippen molar-refractivity contribution in [1.82, 2.24) is 9.38 Å². The normalized spacial score (nSPS) is 10.9. The van der Waals surface area contributed by atoms with E-state index in [1.807, 2.05) is 49.5 Å². The predicted molar refractivity (Wildman–Crippen MR) is 79.9 cm³/mol. The van der Waals surface area contributed by atoms with Crippen LogP contribution in [0.1, 0.15) is 5.69 Å². The standard InChI is InChI=1S/C16H17N3O/c1-12-15-4-2-3-10-19(15)16(18-12)13-5-7-14(8-6-13)20-11-9-17/h2-8,10H,9,11,17H2,1H3. The second-order valence-corrected chi connectivity index (χ2v) is 4.64. The van der Waals surface area contributed by atoms with E-state index in [1.165, 1.54) is 0 Å². The lowest BCUT2D eigenvalue weighted by Gasteiger charge is -2.05. The Labute approximate surface area is 117 Å². The average Bonchev–Trinajstić information content (AvgIpc) is 2.83. The Bertz CT molecular complexity index is 716. The van der Waals surface area contributed by atoms with Crippen LogP contribution in [0.4, 0.5) is 0 Å². The maximum Gasteiger partial charge on any atom is 0.144 e. The monoisotopic (exact) mass is 267 g/mol. The molecule has 0 bridgehead atoms. The summed E-state index contributed by atoms with van der Waals surface area (Å²) < 4.78 is 7.59. The van der Waals surface area contributed by atoms with Gasteiger partial charge in [-0.05, 0) is 43.3 Å². The van der Waals surface area contributed by atoms with Crippen LogP contribution in [0.15, 0.2) is 48.7 Å². The molecule has 0 radical (unpaired) electrons. The Balaban J connectivity index is 1.99. The molecule has 1 aromatic carbocycles. The number of benzene rings is 1. The topological polar surface area (TPSA) is 52.5 Å². The molecular weight excluding hydrogens is 250 g/mol. The van der Waals surface area contributed by atoms with E-state index in [0.717, 1.165) is 28.3 Å². The first-order valence-electron chi connectivity index (χ1n) is 6.66. The Morgan fingerprint density at radius 2 is 1.95 bits per heavy atom. The summed E-state index contributed by atoms with van der Waals surface area (Å²) in [5.74, 6) is 1.78. The van der Waals surface area contributed by atoms with Crippen molar-refractivity contribution in [2.24, 2.45) is 5.73 Å². The van der Waals surface area contributed by atoms with Gasteiger partial charge in [0.15, 0.2) is 0 Å². The second kappa shape index (κ2) is 5.35. The number of ether oxygens (including phenoxy) is 1. The maximum absolute atomic E-state index is 5.49. The number of aromatic nitrogens is 2. The molecule has 0 amide bonds. The van der Waals surface area contributed by atoms with Crippen molar-refractivity contribution in [1.29, 1.82) is 0 Å². The first-order chi connectivity index (χ1) is 9.79. The number of rotatable bonds is 4. The molecule has 3 rings (SSSR count). The molecule has 0 atom stereocenters. The van der Waals surface area contributed by atoms with Crippen molar-refractivity contribution >= 4 is 5.52 Å². The molecule has 4 heteroatoms. The number of nitrogens with zero attached hydrogens (tertiary/aromatic N) is 2. The summed E-state index contributed by atoms with van der Waals surface area (Å²) in [4.78, 5) is 4.65. The third-order valence-electron chi connectivity index (χ3n) is 3.23. The van der Waals surface area contributed by atoms with Crippen molar-refractivity contribution in [3.05, 3.63) is 54.4 Å². The molecule has 0 unspecified atom stereocenters. The van der Waals surface area contributed by atoms with Crippen molar-refractivity contribution in [2.45, 2.75) is 6.92 Å². The lowest BCUT2D eigenvalue weighted by Crippen LogP contribution is -2.10. The zero-order valence-corrected chi connectivity index (χ0v) is 11.4. The number of hydrogen-bond donors (Lipinski definition) is 1. The average molecular weight is 267 g/mol. The van der Waals surface area contributed by atoms with Gasteiger partial charge in [0.05, 0.1) is 11.2 Å². The van der Waals surface area contributed by atoms with E-state index in [4.69, 9.17) is 10.5 Å². The van der Waals surface area contributed by atoms with Gasteiger partial charge in [0.25, 0.3) is 0 Å². The SMILES string of the molecule is Cc1nc(-c2ccc(OCCN)cc2)n2ccccc12. The van der Waals surface area contributed by atoms with Gasteiger partial charge in [-0.2, -0.15) is 0 Å². The van der Waals surface area contributed by atoms with Gasteiger partial charge in [-0.25, -0.2) is 4.98 Å². The van der Waals surface area contributed by atoms with Crippen LogP contribution < -0.4 is 10.5 Å². The summed E-state index contributed by atoms with van der Waals surface area (Å²) in [5.41, 5.74) is 8.65. The highest BCUT2D eigenvalue weighted by Gasteiger charge is 2.09. The van der Waals surface area contributed by atoms with Crippen LogP contribution in [0.3, 0.4) is 0 Å². The maximum atomic E-state index is 5.49. The highest BCUT2D eigenvalue weighted by atomic mass is 16.5. The highest BCUT2D eigenvalue weighted by molar-refractivity contribution is 5.65. The van der Waals surface area contributed by atoms with Crippen molar-refractivity contribution in [3.63, 3.8) is 0 Å². The molecule has 20 heavy (non-hydrogen) atoms. The smallest absolute Gasteiger partial charge is 0.144 e. The molecule has 0 aliphatic heterocycles. The van der Waals surface area contributed by atoms with Crippen molar-refractivity contribution in [3.8, 4) is 17.1 Å². The van der Waals surface area contributed by atoms with Gasteiger partial charge in [-0.15, -0.1) is 0 Å². The van der Waals surface area contributed by atoms with Crippen LogP contribution >= 0.6 is 0 Å². The minimum absolute atomic E-state index is 0.520. The Hall–Kier alpha value is -2.33. The van der Waals surface area contributed by atoms with E-state index >= 15 is 0 Å². The Morgan fingerprint density at radius 1 is 1.15 bits per heavy atom. The molecule has 0 aliphatic rings. The number of hydrogen-bond acceptors (Lipinski definition) is 3. The summed E-state index contributed by atoms with van der Waals surface area (Å²) in [7, 11) is 0. The van der Waals surface area contributed by atoms with Crippen LogP contribution in [-0.4, -0.2) is 22.5 Å². The van der Waals surface area contributed by atoms with Crippen molar-refractivity contribution < 1.29 is 4.74 Å². The van der Waals surface area contributed by atoms with Gasteiger partial charge in [0.1, 0.15) is 18.2 Å². The number of imidazole rings is 1. The highest BCUT2D eigenvalue weighted by Crippen LogP contribution is 2.24. The molecule has 0 aliphatic carbocycles. The van der Waals surface area contributed by atoms with Crippen LogP contribution in [-0.2, 0) is 0 Å². The Morgan fingerprint density at radius 3 is 2.70 bits per heavy atom. The molecule has 2 heterocycles. The third-order valence-corrected chi connectivity index (χ3v) is 3.23. The number of pyridine rings is 1. The van der Waals surface area contributed by atoms with Gasteiger partial charge < -0.3 is 10.5 Å². The molecule has 3 aromatic rings. The van der Waals surface area contributed by atoms with Crippen molar-refractivity contribution in [2.75, 3.05) is 13.2 Å². The summed E-state index contributed by atoms with van der Waals surface area (Å²) in [6.45, 7) is 3.08. The largest absolute Gasteiger partial charge is 0.492 e. The molecule has 2 N–H and O–H groups in total. The van der Waals surface area contributed by atoms with Crippen LogP contribution in [0, 0.1) is 6.92 Å². The fourth-order valence-corrected chi connectivity index (χ4v) is 2.27. The lowest BCUT2D eigenvalue weighted by molar-refractivity contribution is 0.328. The molecular formula is C16H17N3O. The van der Waals surface area contributed by atoms with E-state index < -0.39 is 0 Å². The zero-order valence-electron chi connectivity index (χ0n) is 11.4. The summed E-state index contributed by atoms with van der Waals surface area (Å²) in [5, 5.41) is 0. The molecule has 0 fully saturated rings. The third kappa shape index (κ3) is 2.26. The minimum Gasteiger partial charge on any atom is -0.492 e. The van der Waals surface area contributed by atoms with Gasteiger partial charge >= 0.3 is 0 Å². The van der Waals surface area contributed by atoms with Crippen LogP contribution in [0.2, 0.25) is 0 Å². The summed E-state index contributed by atoms with van der Waals surface area (Å²) >= 11 is 0. The number of aryl methyl sites for hydroxylation is 1. The fraction of sp³-hybridized carbons (Fsp3) is 0.188. The van der Waals surface area contributed by atoms with E-state index in [-0.39, 0.29) is 0 Å². The van der Waals surface area contributed by atoms with E-state index in [9.17, 15) is 0 Å². The number of fused-ring (bicyclic) bond motifs is 1. The van der Waals surface area contributed by atoms with E-state index in [1.54, 1.807) is 0 Å². The molecule has 4 nitrogen and oxygen atoms in total. The predicted octanol–water partition coefficient (Wildman–Crippen LogP) is 2.65. The van der Waals surface area contributed by atoms with E-state index in [2.05, 4.69) is 15.5 Å². The summed E-state index contributed by atoms with van der Waals surface area (Å²) in [6, 6.07) is 14.0.